The Morgan fingerprint density at radius 3 is 3.05 bits per heavy atom. The summed E-state index contributed by atoms with van der Waals surface area (Å²) < 4.78 is 0. The van der Waals surface area contributed by atoms with Crippen molar-refractivity contribution in [2.75, 3.05) is 19.6 Å². The lowest BCUT2D eigenvalue weighted by molar-refractivity contribution is -0.384. The minimum Gasteiger partial charge on any atom is -0.337 e. The molecule has 6 nitrogen and oxygen atoms in total. The number of aryl methyl sites for hydroxylation is 1. The van der Waals surface area contributed by atoms with Crippen molar-refractivity contribution in [1.29, 1.82) is 0 Å². The third kappa shape index (κ3) is 3.54. The number of nitrogens with zero attached hydrogens (tertiary/aromatic N) is 2. The van der Waals surface area contributed by atoms with Gasteiger partial charge < -0.3 is 10.2 Å². The zero-order valence-electron chi connectivity index (χ0n) is 11.5. The van der Waals surface area contributed by atoms with Crippen molar-refractivity contribution in [2.45, 2.75) is 25.8 Å². The van der Waals surface area contributed by atoms with Gasteiger partial charge in [0.1, 0.15) is 0 Å². The molecule has 1 atom stereocenters. The Hall–Kier alpha value is -1.95. The van der Waals surface area contributed by atoms with Crippen molar-refractivity contribution >= 4 is 11.6 Å². The summed E-state index contributed by atoms with van der Waals surface area (Å²) in [5.41, 5.74) is 0.904. The molecule has 1 aliphatic heterocycles. The predicted octanol–water partition coefficient (Wildman–Crippen LogP) is 1.35. The predicted molar refractivity (Wildman–Crippen MR) is 75.5 cm³/mol. The largest absolute Gasteiger partial charge is 0.337 e. The molecule has 1 saturated heterocycles. The number of hydrogen-bond donors (Lipinski definition) is 1. The Morgan fingerprint density at radius 2 is 2.35 bits per heavy atom. The van der Waals surface area contributed by atoms with Gasteiger partial charge in [0.05, 0.1) is 4.92 Å². The number of carbonyl (C=O) groups is 1. The van der Waals surface area contributed by atoms with E-state index in [-0.39, 0.29) is 17.6 Å². The van der Waals surface area contributed by atoms with Crippen LogP contribution in [0.4, 0.5) is 5.69 Å². The van der Waals surface area contributed by atoms with Crippen molar-refractivity contribution in [3.63, 3.8) is 0 Å². The van der Waals surface area contributed by atoms with Crippen molar-refractivity contribution < 1.29 is 9.72 Å². The first-order chi connectivity index (χ1) is 9.58. The van der Waals surface area contributed by atoms with Gasteiger partial charge in [0.25, 0.3) is 5.69 Å². The fourth-order valence-corrected chi connectivity index (χ4v) is 2.43. The molecule has 6 heteroatoms. The van der Waals surface area contributed by atoms with Crippen LogP contribution in [0.2, 0.25) is 0 Å². The maximum atomic E-state index is 12.2. The highest BCUT2D eigenvalue weighted by Crippen LogP contribution is 2.15. The van der Waals surface area contributed by atoms with E-state index in [0.29, 0.717) is 12.8 Å². The highest BCUT2D eigenvalue weighted by molar-refractivity contribution is 5.77. The second-order valence-corrected chi connectivity index (χ2v) is 5.07. The molecule has 20 heavy (non-hydrogen) atoms. The Morgan fingerprint density at radius 1 is 1.55 bits per heavy atom. The summed E-state index contributed by atoms with van der Waals surface area (Å²) in [5.74, 6) is 0.116. The second-order valence-electron chi connectivity index (χ2n) is 5.07. The van der Waals surface area contributed by atoms with Crippen LogP contribution in [0, 0.1) is 10.1 Å². The van der Waals surface area contributed by atoms with Crippen molar-refractivity contribution in [2.24, 2.45) is 0 Å². The van der Waals surface area contributed by atoms with Crippen LogP contribution in [0.25, 0.3) is 0 Å². The van der Waals surface area contributed by atoms with Gasteiger partial charge in [-0.05, 0) is 18.9 Å². The Balaban J connectivity index is 1.92. The Labute approximate surface area is 117 Å². The molecule has 1 fully saturated rings. The number of non-ortho nitro benzene ring substituents is 1. The standard InChI is InChI=1S/C14H19N3O3/c1-11-10-15-7-8-16(11)14(18)6-5-12-3-2-4-13(9-12)17(19)20/h2-4,9,11,15H,5-8,10H2,1H3/t11-/m0/s1. The monoisotopic (exact) mass is 277 g/mol. The zero-order chi connectivity index (χ0) is 14.5. The van der Waals surface area contributed by atoms with Crippen LogP contribution >= 0.6 is 0 Å². The fourth-order valence-electron chi connectivity index (χ4n) is 2.43. The smallest absolute Gasteiger partial charge is 0.269 e. The number of nitro groups is 1. The molecular formula is C14H19N3O3. The van der Waals surface area contributed by atoms with Crippen LogP contribution in [0.1, 0.15) is 18.9 Å². The van der Waals surface area contributed by atoms with Crippen LogP contribution in [0.5, 0.6) is 0 Å². The molecule has 1 aromatic rings. The molecule has 1 N–H and O–H groups in total. The van der Waals surface area contributed by atoms with E-state index in [0.717, 1.165) is 25.2 Å². The highest BCUT2D eigenvalue weighted by Gasteiger charge is 2.22. The molecule has 0 bridgehead atoms. The first-order valence-electron chi connectivity index (χ1n) is 6.81. The van der Waals surface area contributed by atoms with E-state index in [1.165, 1.54) is 12.1 Å². The minimum atomic E-state index is -0.413. The number of hydrogen-bond acceptors (Lipinski definition) is 4. The lowest BCUT2D eigenvalue weighted by atomic mass is 10.1. The first kappa shape index (κ1) is 14.5. The normalized spacial score (nSPS) is 18.9. The van der Waals surface area contributed by atoms with Gasteiger partial charge in [-0.3, -0.25) is 14.9 Å². The quantitative estimate of drug-likeness (QED) is 0.666. The van der Waals surface area contributed by atoms with Crippen LogP contribution < -0.4 is 5.32 Å². The van der Waals surface area contributed by atoms with Crippen LogP contribution in [0.3, 0.4) is 0 Å². The molecule has 2 rings (SSSR count). The maximum absolute atomic E-state index is 12.2. The van der Waals surface area contributed by atoms with Crippen molar-refractivity contribution in [3.8, 4) is 0 Å². The van der Waals surface area contributed by atoms with Gasteiger partial charge in [-0.1, -0.05) is 12.1 Å². The van der Waals surface area contributed by atoms with Crippen LogP contribution in [-0.2, 0) is 11.2 Å². The van der Waals surface area contributed by atoms with Gasteiger partial charge in [-0.25, -0.2) is 0 Å². The van der Waals surface area contributed by atoms with Gasteiger partial charge in [0, 0.05) is 44.2 Å². The third-order valence-electron chi connectivity index (χ3n) is 3.57. The van der Waals surface area contributed by atoms with Gasteiger partial charge in [-0.2, -0.15) is 0 Å². The summed E-state index contributed by atoms with van der Waals surface area (Å²) in [5, 5.41) is 13.9. The zero-order valence-corrected chi connectivity index (χ0v) is 11.5. The Bertz CT molecular complexity index is 504. The number of rotatable bonds is 4. The molecule has 0 radical (unpaired) electrons. The molecule has 1 aliphatic rings. The lowest BCUT2D eigenvalue weighted by Gasteiger charge is -2.34. The van der Waals surface area contributed by atoms with E-state index in [1.807, 2.05) is 17.9 Å². The molecule has 0 spiro atoms. The molecule has 0 aromatic heterocycles. The van der Waals surface area contributed by atoms with Gasteiger partial charge in [-0.15, -0.1) is 0 Å². The van der Waals surface area contributed by atoms with E-state index in [9.17, 15) is 14.9 Å². The number of carbonyl (C=O) groups excluding carboxylic acids is 1. The molecule has 1 aromatic carbocycles. The molecule has 0 unspecified atom stereocenters. The molecular weight excluding hydrogens is 258 g/mol. The maximum Gasteiger partial charge on any atom is 0.269 e. The minimum absolute atomic E-state index is 0.0745. The van der Waals surface area contributed by atoms with Crippen LogP contribution in [-0.4, -0.2) is 41.4 Å². The number of benzene rings is 1. The topological polar surface area (TPSA) is 75.5 Å². The molecule has 1 amide bonds. The summed E-state index contributed by atoms with van der Waals surface area (Å²) in [7, 11) is 0. The Kier molecular flexibility index (Phi) is 4.68. The van der Waals surface area contributed by atoms with E-state index in [2.05, 4.69) is 5.32 Å². The van der Waals surface area contributed by atoms with Gasteiger partial charge in [0.2, 0.25) is 5.91 Å². The van der Waals surface area contributed by atoms with Crippen molar-refractivity contribution in [1.82, 2.24) is 10.2 Å². The van der Waals surface area contributed by atoms with E-state index in [4.69, 9.17) is 0 Å². The first-order valence-corrected chi connectivity index (χ1v) is 6.81. The summed E-state index contributed by atoms with van der Waals surface area (Å²) >= 11 is 0. The van der Waals surface area contributed by atoms with Gasteiger partial charge >= 0.3 is 0 Å². The second kappa shape index (κ2) is 6.47. The number of amides is 1. The van der Waals surface area contributed by atoms with Gasteiger partial charge in [0.15, 0.2) is 0 Å². The van der Waals surface area contributed by atoms with E-state index in [1.54, 1.807) is 6.07 Å². The summed E-state index contributed by atoms with van der Waals surface area (Å²) in [6, 6.07) is 6.69. The third-order valence-corrected chi connectivity index (χ3v) is 3.57. The highest BCUT2D eigenvalue weighted by atomic mass is 16.6. The van der Waals surface area contributed by atoms with E-state index >= 15 is 0 Å². The molecule has 108 valence electrons. The number of nitro benzene ring substituents is 1. The number of nitrogens with one attached hydrogen (secondary N) is 1. The van der Waals surface area contributed by atoms with E-state index < -0.39 is 4.92 Å². The molecule has 1 heterocycles. The fraction of sp³-hybridized carbons (Fsp3) is 0.500. The molecule has 0 aliphatic carbocycles. The van der Waals surface area contributed by atoms with Crippen molar-refractivity contribution in [3.05, 3.63) is 39.9 Å². The summed E-state index contributed by atoms with van der Waals surface area (Å²) in [4.78, 5) is 24.3. The summed E-state index contributed by atoms with van der Waals surface area (Å²) in [6.45, 7) is 4.40. The van der Waals surface area contributed by atoms with Crippen LogP contribution in [0.15, 0.2) is 24.3 Å². The number of piperazine rings is 1. The average molecular weight is 277 g/mol. The lowest BCUT2D eigenvalue weighted by Crippen LogP contribution is -2.52. The SMILES string of the molecule is C[C@H]1CNCCN1C(=O)CCc1cccc([N+](=O)[O-])c1. The average Bonchev–Trinajstić information content (AvgIpc) is 2.45. The summed E-state index contributed by atoms with van der Waals surface area (Å²) in [6.07, 6.45) is 0.933. The molecule has 0 saturated carbocycles.